The fourth-order valence-electron chi connectivity index (χ4n) is 10.1. The van der Waals surface area contributed by atoms with E-state index in [2.05, 4.69) is 19.9 Å². The first kappa shape index (κ1) is 35.8. The average Bonchev–Trinajstić information content (AvgIpc) is 3.40. The number of aliphatic carboxylic acids is 2. The molecule has 2 saturated heterocycles. The van der Waals surface area contributed by atoms with Gasteiger partial charge in [-0.25, -0.2) is 9.59 Å². The Bertz CT molecular complexity index is 1290. The van der Waals surface area contributed by atoms with E-state index < -0.39 is 80.0 Å². The van der Waals surface area contributed by atoms with Crippen molar-refractivity contribution in [2.45, 2.75) is 133 Å². The predicted octanol–water partition coefficient (Wildman–Crippen LogP) is -0.679. The van der Waals surface area contributed by atoms with Gasteiger partial charge in [0.1, 0.15) is 43.2 Å². The third kappa shape index (κ3) is 5.93. The second-order valence-corrected chi connectivity index (χ2v) is 15.2. The highest BCUT2D eigenvalue weighted by molar-refractivity contribution is 5.83. The lowest BCUT2D eigenvalue weighted by molar-refractivity contribution is -0.306. The maximum absolute atomic E-state index is 13.6. The van der Waals surface area contributed by atoms with Crippen LogP contribution in [-0.4, -0.2) is 133 Å². The molecule has 0 aromatic rings. The number of allylic oxidation sites excluding steroid dienone is 1. The molecule has 3 saturated carbocycles. The number of carbonyl (C=O) groups is 3. The first-order valence-corrected chi connectivity index (χ1v) is 16.9. The summed E-state index contributed by atoms with van der Waals surface area (Å²) in [5.74, 6) is -2.46. The Morgan fingerprint density at radius 1 is 0.771 bits per heavy atom. The Morgan fingerprint density at radius 2 is 1.38 bits per heavy atom. The van der Waals surface area contributed by atoms with Crippen molar-refractivity contribution >= 4 is 17.7 Å². The molecule has 48 heavy (non-hydrogen) atoms. The van der Waals surface area contributed by atoms with E-state index in [1.54, 1.807) is 0 Å². The highest BCUT2D eigenvalue weighted by atomic mass is 16.7. The van der Waals surface area contributed by atoms with Gasteiger partial charge in [0, 0.05) is 5.92 Å². The van der Waals surface area contributed by atoms with Crippen LogP contribution in [0.5, 0.6) is 0 Å². The van der Waals surface area contributed by atoms with E-state index in [0.717, 1.165) is 32.1 Å². The summed E-state index contributed by atoms with van der Waals surface area (Å²) in [7, 11) is 0. The molecule has 6 aliphatic rings. The fourth-order valence-corrected chi connectivity index (χ4v) is 10.1. The van der Waals surface area contributed by atoms with E-state index in [9.17, 15) is 55.2 Å². The van der Waals surface area contributed by atoms with Gasteiger partial charge in [0.15, 0.2) is 30.6 Å². The van der Waals surface area contributed by atoms with Crippen LogP contribution in [0.25, 0.3) is 0 Å². The van der Waals surface area contributed by atoms with Gasteiger partial charge in [0.05, 0.1) is 6.10 Å². The molecule has 0 radical (unpaired) electrons. The number of carboxylic acid groups (broad SMARTS) is 2. The van der Waals surface area contributed by atoms with Crippen molar-refractivity contribution in [2.24, 2.45) is 34.5 Å². The number of ether oxygens (including phenoxy) is 4. The largest absolute Gasteiger partial charge is 0.479 e. The van der Waals surface area contributed by atoms with Crippen LogP contribution in [0, 0.1) is 34.5 Å². The number of rotatable bonds is 8. The van der Waals surface area contributed by atoms with Gasteiger partial charge in [-0.1, -0.05) is 25.5 Å². The quantitative estimate of drug-likeness (QED) is 0.148. The fraction of sp³-hybridized carbons (Fsp3) is 0.848. The van der Waals surface area contributed by atoms with Crippen LogP contribution >= 0.6 is 0 Å². The number of hydrogen-bond acceptors (Lipinski definition) is 13. The maximum atomic E-state index is 13.6. The van der Waals surface area contributed by atoms with Crippen molar-refractivity contribution in [3.63, 3.8) is 0 Å². The van der Waals surface area contributed by atoms with Gasteiger partial charge in [0.2, 0.25) is 0 Å². The predicted molar refractivity (Wildman–Crippen MR) is 160 cm³/mol. The van der Waals surface area contributed by atoms with Gasteiger partial charge < -0.3 is 59.8 Å². The highest BCUT2D eigenvalue weighted by Gasteiger charge is 2.60. The zero-order valence-corrected chi connectivity index (χ0v) is 27.0. The Labute approximate surface area is 277 Å². The van der Waals surface area contributed by atoms with Gasteiger partial charge in [-0.05, 0) is 80.0 Å². The second-order valence-electron chi connectivity index (χ2n) is 15.2. The summed E-state index contributed by atoms with van der Waals surface area (Å²) in [5.41, 5.74) is 0.845. The minimum absolute atomic E-state index is 0.110. The van der Waals surface area contributed by atoms with Crippen LogP contribution in [0.15, 0.2) is 11.6 Å². The smallest absolute Gasteiger partial charge is 0.335 e. The number of carbonyl (C=O) groups excluding carboxylic acids is 1. The first-order valence-electron chi connectivity index (χ1n) is 16.9. The van der Waals surface area contributed by atoms with Crippen LogP contribution in [0.3, 0.4) is 0 Å². The molecular weight excluding hydrogens is 636 g/mol. The van der Waals surface area contributed by atoms with Gasteiger partial charge in [0.25, 0.3) is 0 Å². The van der Waals surface area contributed by atoms with E-state index in [0.29, 0.717) is 31.1 Å². The van der Waals surface area contributed by atoms with Crippen LogP contribution in [0.4, 0.5) is 0 Å². The molecule has 8 N–H and O–H groups in total. The van der Waals surface area contributed by atoms with Gasteiger partial charge >= 0.3 is 11.9 Å². The Kier molecular flexibility index (Phi) is 9.87. The number of hydrogen-bond donors (Lipinski definition) is 8. The number of Topliss-reactive ketones (excluding diaryl/α,β-unsaturated/α-hetero) is 1. The molecule has 15 heteroatoms. The second kappa shape index (κ2) is 13.2. The summed E-state index contributed by atoms with van der Waals surface area (Å²) < 4.78 is 22.1. The van der Waals surface area contributed by atoms with E-state index in [1.807, 2.05) is 0 Å². The van der Waals surface area contributed by atoms with Crippen molar-refractivity contribution in [3.05, 3.63) is 11.6 Å². The molecule has 0 amide bonds. The zero-order valence-electron chi connectivity index (χ0n) is 27.0. The van der Waals surface area contributed by atoms with E-state index >= 15 is 0 Å². The molecule has 4 aliphatic carbocycles. The maximum Gasteiger partial charge on any atom is 0.335 e. The summed E-state index contributed by atoms with van der Waals surface area (Å²) in [6, 6.07) is 0. The average molecular weight is 685 g/mol. The van der Waals surface area contributed by atoms with Crippen LogP contribution in [0.1, 0.15) is 65.2 Å². The third-order valence-corrected chi connectivity index (χ3v) is 12.8. The number of aliphatic hydroxyl groups excluding tert-OH is 6. The zero-order chi connectivity index (χ0) is 34.9. The van der Waals surface area contributed by atoms with Crippen molar-refractivity contribution in [1.82, 2.24) is 0 Å². The van der Waals surface area contributed by atoms with Crippen LogP contribution < -0.4 is 0 Å². The lowest BCUT2D eigenvalue weighted by Gasteiger charge is -2.58. The van der Waals surface area contributed by atoms with E-state index in [-0.39, 0.29) is 34.6 Å². The molecule has 5 fully saturated rings. The standard InChI is InChI=1S/C33H48O15/c1-32-9-7-14(46-31-25(40)21(36)23(38)27(48-31)29(43)44)11-13(32)3-4-15-16-5-6-18(33(16,2)10-8-17(15)32)19(34)12-45-30-24(39)20(35)22(37)26(47-30)28(41)42/h3,14-18,20-27,30-31,35-40H,4-12H2,1-2H3,(H,41,42)(H,43,44)/t14-,15-,16-,17-,18+,20-,21-,22-,23-,24+,25+,26-,27-,30?,31?,32-,33-/m0/s1. The Balaban J connectivity index is 1.09. The summed E-state index contributed by atoms with van der Waals surface area (Å²) in [6.07, 6.45) is -9.03. The Hall–Kier alpha value is -2.05. The topological polar surface area (TPSA) is 250 Å². The summed E-state index contributed by atoms with van der Waals surface area (Å²) >= 11 is 0. The SMILES string of the molecule is C[C@]12CC[C@H]3[C@@H](CC=C4C[C@@H](OC5O[C@H](C(=O)O)[C@@H](O)[C@H](O)[C@H]5O)CC[C@@]43C)[C@@H]1CC[C@@H]2C(=O)COC1O[C@H](C(=O)O)[C@@H](O)[C@H](O)[C@H]1O. The third-order valence-electron chi connectivity index (χ3n) is 12.8. The van der Waals surface area contributed by atoms with Gasteiger partial charge in [-0.3, -0.25) is 4.79 Å². The van der Waals surface area contributed by atoms with Crippen LogP contribution in [-0.2, 0) is 33.3 Å². The summed E-state index contributed by atoms with van der Waals surface area (Å²) in [6.45, 7) is 4.01. The molecule has 0 bridgehead atoms. The molecule has 2 aliphatic heterocycles. The number of aliphatic hydroxyl groups is 6. The summed E-state index contributed by atoms with van der Waals surface area (Å²) in [5, 5.41) is 79.7. The molecule has 0 aromatic heterocycles. The Morgan fingerprint density at radius 3 is 2.00 bits per heavy atom. The monoisotopic (exact) mass is 684 g/mol. The molecule has 2 unspecified atom stereocenters. The molecule has 6 rings (SSSR count). The number of carboxylic acids is 2. The molecule has 0 spiro atoms. The normalized spacial score (nSPS) is 50.4. The van der Waals surface area contributed by atoms with Crippen molar-refractivity contribution in [2.75, 3.05) is 6.61 Å². The molecule has 2 heterocycles. The van der Waals surface area contributed by atoms with Crippen molar-refractivity contribution in [1.29, 1.82) is 0 Å². The van der Waals surface area contributed by atoms with E-state index in [4.69, 9.17) is 18.9 Å². The highest BCUT2D eigenvalue weighted by Crippen LogP contribution is 2.66. The molecule has 15 nitrogen and oxygen atoms in total. The van der Waals surface area contributed by atoms with Gasteiger partial charge in [-0.15, -0.1) is 0 Å². The molecular formula is C33H48O15. The molecule has 270 valence electrons. The van der Waals surface area contributed by atoms with Crippen molar-refractivity contribution in [3.8, 4) is 0 Å². The number of ketones is 1. The number of fused-ring (bicyclic) bond motifs is 5. The lowest BCUT2D eigenvalue weighted by Crippen LogP contribution is -2.61. The lowest BCUT2D eigenvalue weighted by atomic mass is 9.47. The van der Waals surface area contributed by atoms with Gasteiger partial charge in [-0.2, -0.15) is 0 Å². The van der Waals surface area contributed by atoms with E-state index in [1.165, 1.54) is 5.57 Å². The minimum atomic E-state index is -1.85. The molecule has 0 aromatic carbocycles. The first-order chi connectivity index (χ1) is 22.6. The minimum Gasteiger partial charge on any atom is -0.479 e. The molecule has 17 atom stereocenters. The van der Waals surface area contributed by atoms with Crippen molar-refractivity contribution < 1.29 is 74.2 Å². The summed E-state index contributed by atoms with van der Waals surface area (Å²) in [4.78, 5) is 36.5. The van der Waals surface area contributed by atoms with Crippen LogP contribution in [0.2, 0.25) is 0 Å².